The largest absolute Gasteiger partial charge is 0.341 e. The van der Waals surface area contributed by atoms with E-state index in [0.29, 0.717) is 11.5 Å². The molecule has 90 valence electrons. The minimum Gasteiger partial charge on any atom is -0.341 e. The molecule has 0 radical (unpaired) electrons. The lowest BCUT2D eigenvalue weighted by atomic mass is 10.6. The van der Waals surface area contributed by atoms with E-state index >= 15 is 0 Å². The van der Waals surface area contributed by atoms with Gasteiger partial charge in [-0.25, -0.2) is 24.9 Å². The van der Waals surface area contributed by atoms with Gasteiger partial charge in [0.2, 0.25) is 0 Å². The van der Waals surface area contributed by atoms with Crippen molar-refractivity contribution in [3.8, 4) is 0 Å². The average Bonchev–Trinajstić information content (AvgIpc) is 2.76. The van der Waals surface area contributed by atoms with E-state index in [4.69, 9.17) is 0 Å². The number of hydrogen-bond acceptors (Lipinski definition) is 6. The van der Waals surface area contributed by atoms with E-state index in [1.807, 2.05) is 13.0 Å². The zero-order valence-electron chi connectivity index (χ0n) is 9.25. The molecular formula is C10H7BrN6S. The Bertz CT molecular complexity index is 692. The number of aromatic nitrogens is 6. The van der Waals surface area contributed by atoms with Gasteiger partial charge in [-0.05, 0) is 34.6 Å². The minimum atomic E-state index is 0.650. The fourth-order valence-corrected chi connectivity index (χ4v) is 3.00. The molecule has 1 N–H and O–H groups in total. The highest BCUT2D eigenvalue weighted by Gasteiger charge is 2.09. The molecule has 0 amide bonds. The maximum absolute atomic E-state index is 4.35. The van der Waals surface area contributed by atoms with Crippen molar-refractivity contribution in [1.82, 2.24) is 29.9 Å². The third-order valence-electron chi connectivity index (χ3n) is 2.17. The monoisotopic (exact) mass is 322 g/mol. The lowest BCUT2D eigenvalue weighted by molar-refractivity contribution is 0.947. The van der Waals surface area contributed by atoms with Gasteiger partial charge in [0.05, 0.1) is 6.33 Å². The van der Waals surface area contributed by atoms with Crippen molar-refractivity contribution in [2.24, 2.45) is 0 Å². The normalized spacial score (nSPS) is 11.0. The zero-order valence-corrected chi connectivity index (χ0v) is 11.7. The molecule has 0 aromatic carbocycles. The van der Waals surface area contributed by atoms with Crippen LogP contribution >= 0.6 is 27.7 Å². The van der Waals surface area contributed by atoms with Crippen molar-refractivity contribution < 1.29 is 0 Å². The van der Waals surface area contributed by atoms with Crippen molar-refractivity contribution in [2.75, 3.05) is 0 Å². The second-order valence-electron chi connectivity index (χ2n) is 3.46. The van der Waals surface area contributed by atoms with Crippen LogP contribution in [0.2, 0.25) is 0 Å². The van der Waals surface area contributed by atoms with Gasteiger partial charge in [0.1, 0.15) is 32.3 Å². The summed E-state index contributed by atoms with van der Waals surface area (Å²) in [5, 5.41) is 1.62. The maximum Gasteiger partial charge on any atom is 0.181 e. The molecular weight excluding hydrogens is 316 g/mol. The highest BCUT2D eigenvalue weighted by atomic mass is 79.9. The first-order valence-electron chi connectivity index (χ1n) is 5.05. The maximum atomic E-state index is 4.35. The zero-order chi connectivity index (χ0) is 12.5. The molecule has 0 aliphatic rings. The number of hydrogen-bond donors (Lipinski definition) is 1. The van der Waals surface area contributed by atoms with Gasteiger partial charge in [-0.15, -0.1) is 0 Å². The Morgan fingerprint density at radius 3 is 2.94 bits per heavy atom. The number of nitrogens with one attached hydrogen (secondary N) is 1. The van der Waals surface area contributed by atoms with E-state index in [9.17, 15) is 0 Å². The standard InChI is InChI=1S/C10H7BrN6S/c1-5-16-6(11)2-7(17-5)18-10-8-9(13-3-12-8)14-4-15-10/h2-4H,1H3,(H,12,13,14,15). The van der Waals surface area contributed by atoms with Crippen LogP contribution in [0.1, 0.15) is 5.82 Å². The number of H-pyrrole nitrogens is 1. The molecule has 0 spiro atoms. The highest BCUT2D eigenvalue weighted by Crippen LogP contribution is 2.29. The molecule has 3 heterocycles. The number of halogens is 1. The smallest absolute Gasteiger partial charge is 0.181 e. The van der Waals surface area contributed by atoms with Crippen molar-refractivity contribution in [3.05, 3.63) is 29.1 Å². The summed E-state index contributed by atoms with van der Waals surface area (Å²) in [5.41, 5.74) is 1.47. The van der Waals surface area contributed by atoms with Gasteiger partial charge < -0.3 is 4.98 Å². The summed E-state index contributed by atoms with van der Waals surface area (Å²) in [4.78, 5) is 23.9. The molecule has 0 aliphatic heterocycles. The number of nitrogens with zero attached hydrogens (tertiary/aromatic N) is 5. The molecule has 0 fully saturated rings. The summed E-state index contributed by atoms with van der Waals surface area (Å²) < 4.78 is 0.757. The number of aryl methyl sites for hydroxylation is 1. The van der Waals surface area contributed by atoms with Crippen LogP contribution in [0.4, 0.5) is 0 Å². The fraction of sp³-hybridized carbons (Fsp3) is 0.100. The lowest BCUT2D eigenvalue weighted by Crippen LogP contribution is -1.92. The van der Waals surface area contributed by atoms with Gasteiger partial charge in [0.25, 0.3) is 0 Å². The Morgan fingerprint density at radius 1 is 1.22 bits per heavy atom. The number of aromatic amines is 1. The highest BCUT2D eigenvalue weighted by molar-refractivity contribution is 9.10. The summed E-state index contributed by atoms with van der Waals surface area (Å²) >= 11 is 4.80. The first-order valence-corrected chi connectivity index (χ1v) is 6.66. The Hall–Kier alpha value is -1.54. The minimum absolute atomic E-state index is 0.650. The molecule has 18 heavy (non-hydrogen) atoms. The van der Waals surface area contributed by atoms with Crippen LogP contribution in [0, 0.1) is 6.92 Å². The summed E-state index contributed by atoms with van der Waals surface area (Å²) in [5.74, 6) is 0.710. The Labute approximate surface area is 115 Å². The van der Waals surface area contributed by atoms with Crippen LogP contribution < -0.4 is 0 Å². The average molecular weight is 323 g/mol. The molecule has 3 aromatic heterocycles. The number of rotatable bonds is 2. The Morgan fingerprint density at radius 2 is 2.11 bits per heavy atom. The van der Waals surface area contributed by atoms with Gasteiger partial charge in [0.15, 0.2) is 5.65 Å². The molecule has 8 heteroatoms. The van der Waals surface area contributed by atoms with Gasteiger partial charge in [-0.2, -0.15) is 0 Å². The van der Waals surface area contributed by atoms with E-state index in [0.717, 1.165) is 20.2 Å². The van der Waals surface area contributed by atoms with E-state index < -0.39 is 0 Å². The summed E-state index contributed by atoms with van der Waals surface area (Å²) in [7, 11) is 0. The van der Waals surface area contributed by atoms with Crippen LogP contribution in [-0.4, -0.2) is 29.9 Å². The van der Waals surface area contributed by atoms with E-state index in [-0.39, 0.29) is 0 Å². The Kier molecular flexibility index (Phi) is 2.96. The SMILES string of the molecule is Cc1nc(Br)cc(Sc2ncnc3nc[nH]c23)n1. The van der Waals surface area contributed by atoms with Crippen molar-refractivity contribution >= 4 is 38.9 Å². The Balaban J connectivity index is 2.03. The summed E-state index contributed by atoms with van der Waals surface area (Å²) in [6.45, 7) is 1.85. The molecule has 6 nitrogen and oxygen atoms in total. The third kappa shape index (κ3) is 2.21. The van der Waals surface area contributed by atoms with Gasteiger partial charge in [0, 0.05) is 6.07 Å². The summed E-state index contributed by atoms with van der Waals surface area (Å²) in [6.07, 6.45) is 3.10. The van der Waals surface area contributed by atoms with Crippen LogP contribution in [0.15, 0.2) is 33.4 Å². The molecule has 0 saturated heterocycles. The predicted octanol–water partition coefficient (Wildman–Crippen LogP) is 2.37. The topological polar surface area (TPSA) is 80.2 Å². The molecule has 0 atom stereocenters. The van der Waals surface area contributed by atoms with E-state index in [2.05, 4.69) is 45.8 Å². The molecule has 3 rings (SSSR count). The number of imidazole rings is 1. The molecule has 0 bridgehead atoms. The van der Waals surface area contributed by atoms with Crippen LogP contribution in [0.3, 0.4) is 0 Å². The van der Waals surface area contributed by atoms with Crippen molar-refractivity contribution in [3.63, 3.8) is 0 Å². The fourth-order valence-electron chi connectivity index (χ4n) is 1.48. The van der Waals surface area contributed by atoms with Crippen LogP contribution in [-0.2, 0) is 0 Å². The second-order valence-corrected chi connectivity index (χ2v) is 5.28. The predicted molar refractivity (Wildman–Crippen MR) is 70.3 cm³/mol. The third-order valence-corrected chi connectivity index (χ3v) is 3.50. The van der Waals surface area contributed by atoms with Crippen molar-refractivity contribution in [2.45, 2.75) is 17.0 Å². The first kappa shape index (κ1) is 11.5. The molecule has 0 unspecified atom stereocenters. The summed E-state index contributed by atoms with van der Waals surface area (Å²) in [6, 6.07) is 1.85. The second kappa shape index (κ2) is 4.62. The van der Waals surface area contributed by atoms with Gasteiger partial charge in [-0.3, -0.25) is 0 Å². The van der Waals surface area contributed by atoms with E-state index in [1.54, 1.807) is 6.33 Å². The van der Waals surface area contributed by atoms with Crippen LogP contribution in [0.5, 0.6) is 0 Å². The molecule has 3 aromatic rings. The lowest BCUT2D eigenvalue weighted by Gasteiger charge is -2.02. The quantitative estimate of drug-likeness (QED) is 0.729. The van der Waals surface area contributed by atoms with E-state index in [1.165, 1.54) is 18.1 Å². The van der Waals surface area contributed by atoms with Crippen molar-refractivity contribution in [1.29, 1.82) is 0 Å². The first-order chi connectivity index (χ1) is 8.72. The molecule has 0 saturated carbocycles. The van der Waals surface area contributed by atoms with Gasteiger partial charge >= 0.3 is 0 Å². The number of fused-ring (bicyclic) bond motifs is 1. The molecule has 0 aliphatic carbocycles. The van der Waals surface area contributed by atoms with Crippen LogP contribution in [0.25, 0.3) is 11.2 Å². The van der Waals surface area contributed by atoms with Gasteiger partial charge in [-0.1, -0.05) is 0 Å².